The highest BCUT2D eigenvalue weighted by molar-refractivity contribution is 5.90. The average Bonchev–Trinajstić information content (AvgIpc) is 2.63. The monoisotopic (exact) mass is 354 g/mol. The smallest absolute Gasteiger partial charge is 0.319 e. The molecule has 0 aliphatic heterocycles. The third-order valence-electron chi connectivity index (χ3n) is 4.61. The third-order valence-corrected chi connectivity index (χ3v) is 4.61. The topological polar surface area (TPSA) is 50.4 Å². The van der Waals surface area contributed by atoms with E-state index < -0.39 is 0 Å². The number of amides is 2. The highest BCUT2D eigenvalue weighted by atomic mass is 16.5. The number of carbonyl (C=O) groups is 1. The summed E-state index contributed by atoms with van der Waals surface area (Å²) in [6, 6.07) is 13.9. The molecule has 140 valence electrons. The van der Waals surface area contributed by atoms with Crippen molar-refractivity contribution >= 4 is 11.7 Å². The molecular weight excluding hydrogens is 324 g/mol. The molecule has 4 heteroatoms. The molecule has 1 atom stereocenters. The standard InChI is InChI=1S/C22H30N2O2/c1-5-16(2)19-12-6-7-13-20(19)24-22(25)23-14-9-15-26-21-17(3)10-8-11-18(21)4/h6-8,10-13,16H,5,9,14-15H2,1-4H3,(H2,23,24,25). The van der Waals surface area contributed by atoms with Crippen molar-refractivity contribution in [3.63, 3.8) is 0 Å². The van der Waals surface area contributed by atoms with Crippen molar-refractivity contribution in [3.8, 4) is 5.75 Å². The molecule has 1 unspecified atom stereocenters. The van der Waals surface area contributed by atoms with Gasteiger partial charge in [-0.05, 0) is 55.4 Å². The fourth-order valence-electron chi connectivity index (χ4n) is 2.90. The SMILES string of the molecule is CCC(C)c1ccccc1NC(=O)NCCCOc1c(C)cccc1C. The van der Waals surface area contributed by atoms with Gasteiger partial charge in [-0.3, -0.25) is 0 Å². The molecule has 0 bridgehead atoms. The molecule has 0 aliphatic carbocycles. The van der Waals surface area contributed by atoms with Crippen LogP contribution in [0.15, 0.2) is 42.5 Å². The number of benzene rings is 2. The van der Waals surface area contributed by atoms with E-state index in [0.717, 1.165) is 35.4 Å². The van der Waals surface area contributed by atoms with Gasteiger partial charge in [-0.25, -0.2) is 4.79 Å². The number of urea groups is 1. The molecule has 2 aromatic carbocycles. The number of ether oxygens (including phenoxy) is 1. The van der Waals surface area contributed by atoms with E-state index >= 15 is 0 Å². The van der Waals surface area contributed by atoms with E-state index in [1.165, 1.54) is 5.56 Å². The minimum Gasteiger partial charge on any atom is -0.493 e. The maximum absolute atomic E-state index is 12.2. The Kier molecular flexibility index (Phi) is 7.52. The summed E-state index contributed by atoms with van der Waals surface area (Å²) in [7, 11) is 0. The molecule has 0 radical (unpaired) electrons. The first-order valence-corrected chi connectivity index (χ1v) is 9.35. The summed E-state index contributed by atoms with van der Waals surface area (Å²) < 4.78 is 5.86. The van der Waals surface area contributed by atoms with Gasteiger partial charge >= 0.3 is 6.03 Å². The number of nitrogens with one attached hydrogen (secondary N) is 2. The van der Waals surface area contributed by atoms with Crippen molar-refractivity contribution in [1.29, 1.82) is 0 Å². The first-order chi connectivity index (χ1) is 12.5. The van der Waals surface area contributed by atoms with Gasteiger partial charge in [-0.15, -0.1) is 0 Å². The normalized spacial score (nSPS) is 11.7. The minimum absolute atomic E-state index is 0.173. The Balaban J connectivity index is 1.76. The van der Waals surface area contributed by atoms with Gasteiger partial charge in [0.2, 0.25) is 0 Å². The first-order valence-electron chi connectivity index (χ1n) is 9.35. The van der Waals surface area contributed by atoms with E-state index in [-0.39, 0.29) is 6.03 Å². The van der Waals surface area contributed by atoms with Crippen molar-refractivity contribution in [2.75, 3.05) is 18.5 Å². The molecule has 4 nitrogen and oxygen atoms in total. The molecule has 0 heterocycles. The molecule has 0 aliphatic rings. The predicted octanol–water partition coefficient (Wildman–Crippen LogP) is 5.41. The van der Waals surface area contributed by atoms with Gasteiger partial charge in [0.05, 0.1) is 6.61 Å². The number of hydrogen-bond acceptors (Lipinski definition) is 2. The molecule has 0 saturated carbocycles. The maximum Gasteiger partial charge on any atom is 0.319 e. The highest BCUT2D eigenvalue weighted by Gasteiger charge is 2.10. The van der Waals surface area contributed by atoms with Gasteiger partial charge in [0.25, 0.3) is 0 Å². The van der Waals surface area contributed by atoms with Crippen molar-refractivity contribution in [2.24, 2.45) is 0 Å². The van der Waals surface area contributed by atoms with Crippen LogP contribution in [0.2, 0.25) is 0 Å². The summed E-state index contributed by atoms with van der Waals surface area (Å²) in [6.45, 7) is 9.56. The molecule has 2 aromatic rings. The van der Waals surface area contributed by atoms with Crippen LogP contribution in [-0.4, -0.2) is 19.2 Å². The molecule has 2 N–H and O–H groups in total. The summed E-state index contributed by atoms with van der Waals surface area (Å²) in [6.07, 6.45) is 1.80. The Hall–Kier alpha value is -2.49. The minimum atomic E-state index is -0.173. The van der Waals surface area contributed by atoms with Gasteiger partial charge in [-0.1, -0.05) is 50.2 Å². The van der Waals surface area contributed by atoms with Crippen LogP contribution in [0.3, 0.4) is 0 Å². The van der Waals surface area contributed by atoms with E-state index in [4.69, 9.17) is 4.74 Å². The lowest BCUT2D eigenvalue weighted by molar-refractivity contribution is 0.250. The van der Waals surface area contributed by atoms with Gasteiger partial charge in [0, 0.05) is 12.2 Å². The second-order valence-corrected chi connectivity index (χ2v) is 6.70. The Bertz CT molecular complexity index is 708. The van der Waals surface area contributed by atoms with Gasteiger partial charge < -0.3 is 15.4 Å². The van der Waals surface area contributed by atoms with Crippen molar-refractivity contribution in [1.82, 2.24) is 5.32 Å². The molecule has 2 rings (SSSR count). The second-order valence-electron chi connectivity index (χ2n) is 6.70. The zero-order valence-corrected chi connectivity index (χ0v) is 16.3. The number of hydrogen-bond donors (Lipinski definition) is 2. The van der Waals surface area contributed by atoms with Crippen LogP contribution in [0, 0.1) is 13.8 Å². The largest absolute Gasteiger partial charge is 0.493 e. The molecule has 26 heavy (non-hydrogen) atoms. The summed E-state index contributed by atoms with van der Waals surface area (Å²) in [5.41, 5.74) is 4.32. The maximum atomic E-state index is 12.2. The lowest BCUT2D eigenvalue weighted by Crippen LogP contribution is -2.30. The Morgan fingerprint density at radius 2 is 1.77 bits per heavy atom. The Morgan fingerprint density at radius 1 is 1.08 bits per heavy atom. The summed E-state index contributed by atoms with van der Waals surface area (Å²) in [5.74, 6) is 1.36. The molecule has 0 spiro atoms. The van der Waals surface area contributed by atoms with E-state index in [9.17, 15) is 4.79 Å². The Labute approximate surface area is 157 Å². The van der Waals surface area contributed by atoms with Crippen LogP contribution in [0.4, 0.5) is 10.5 Å². The van der Waals surface area contributed by atoms with Crippen LogP contribution in [0.25, 0.3) is 0 Å². The van der Waals surface area contributed by atoms with Crippen molar-refractivity contribution < 1.29 is 9.53 Å². The van der Waals surface area contributed by atoms with E-state index in [0.29, 0.717) is 19.1 Å². The number of para-hydroxylation sites is 2. The van der Waals surface area contributed by atoms with E-state index in [1.54, 1.807) is 0 Å². The number of anilines is 1. The molecule has 0 saturated heterocycles. The summed E-state index contributed by atoms with van der Waals surface area (Å²) in [4.78, 5) is 12.2. The van der Waals surface area contributed by atoms with Gasteiger partial charge in [-0.2, -0.15) is 0 Å². The molecular formula is C22H30N2O2. The number of carbonyl (C=O) groups excluding carboxylic acids is 1. The van der Waals surface area contributed by atoms with Crippen molar-refractivity contribution in [2.45, 2.75) is 46.5 Å². The highest BCUT2D eigenvalue weighted by Crippen LogP contribution is 2.26. The lowest BCUT2D eigenvalue weighted by atomic mass is 9.97. The third kappa shape index (κ3) is 5.51. The van der Waals surface area contributed by atoms with Gasteiger partial charge in [0.15, 0.2) is 0 Å². The predicted molar refractivity (Wildman–Crippen MR) is 108 cm³/mol. The molecule has 0 fully saturated rings. The summed E-state index contributed by atoms with van der Waals surface area (Å²) in [5, 5.41) is 5.86. The fourth-order valence-corrected chi connectivity index (χ4v) is 2.90. The number of aryl methyl sites for hydroxylation is 2. The average molecular weight is 354 g/mol. The van der Waals surface area contributed by atoms with Gasteiger partial charge in [0.1, 0.15) is 5.75 Å². The van der Waals surface area contributed by atoms with Crippen LogP contribution in [-0.2, 0) is 0 Å². The van der Waals surface area contributed by atoms with Crippen LogP contribution in [0.1, 0.15) is 49.3 Å². The fraction of sp³-hybridized carbons (Fsp3) is 0.409. The quantitative estimate of drug-likeness (QED) is 0.623. The van der Waals surface area contributed by atoms with Crippen LogP contribution >= 0.6 is 0 Å². The zero-order valence-electron chi connectivity index (χ0n) is 16.3. The van der Waals surface area contributed by atoms with Crippen LogP contribution < -0.4 is 15.4 Å². The van der Waals surface area contributed by atoms with Crippen molar-refractivity contribution in [3.05, 3.63) is 59.2 Å². The molecule has 2 amide bonds. The number of rotatable bonds is 8. The van der Waals surface area contributed by atoms with E-state index in [1.807, 2.05) is 50.2 Å². The molecule has 0 aromatic heterocycles. The van der Waals surface area contributed by atoms with Crippen LogP contribution in [0.5, 0.6) is 5.75 Å². The zero-order chi connectivity index (χ0) is 18.9. The lowest BCUT2D eigenvalue weighted by Gasteiger charge is -2.16. The summed E-state index contributed by atoms with van der Waals surface area (Å²) >= 11 is 0. The first kappa shape index (κ1) is 19.8. The van der Waals surface area contributed by atoms with E-state index in [2.05, 4.69) is 30.5 Å². The Morgan fingerprint density at radius 3 is 2.46 bits per heavy atom. The second kappa shape index (κ2) is 9.85.